The Labute approximate surface area is 179 Å². The highest BCUT2D eigenvalue weighted by molar-refractivity contribution is 7.17. The molecule has 3 aromatic rings. The monoisotopic (exact) mass is 423 g/mol. The van der Waals surface area contributed by atoms with Crippen molar-refractivity contribution in [1.29, 1.82) is 0 Å². The topological polar surface area (TPSA) is 95.1 Å². The molecule has 0 aliphatic carbocycles. The maximum absolute atomic E-state index is 12.7. The Kier molecular flexibility index (Phi) is 5.91. The molecule has 156 valence electrons. The molecule has 0 radical (unpaired) electrons. The van der Waals surface area contributed by atoms with Gasteiger partial charge in [-0.15, -0.1) is 0 Å². The molecule has 1 fully saturated rings. The summed E-state index contributed by atoms with van der Waals surface area (Å²) in [5.41, 5.74) is 2.91. The van der Waals surface area contributed by atoms with Gasteiger partial charge in [0.1, 0.15) is 22.3 Å². The van der Waals surface area contributed by atoms with Gasteiger partial charge in [0, 0.05) is 37.9 Å². The number of benzene rings is 1. The fraction of sp³-hybridized carbons (Fsp3) is 0.333. The first-order valence-electron chi connectivity index (χ1n) is 9.91. The van der Waals surface area contributed by atoms with Gasteiger partial charge in [-0.1, -0.05) is 29.5 Å². The third kappa shape index (κ3) is 4.58. The highest BCUT2D eigenvalue weighted by atomic mass is 32.1. The Morgan fingerprint density at radius 1 is 1.13 bits per heavy atom. The molecule has 8 nitrogen and oxygen atoms in total. The lowest BCUT2D eigenvalue weighted by Crippen LogP contribution is -2.44. The van der Waals surface area contributed by atoms with E-state index >= 15 is 0 Å². The van der Waals surface area contributed by atoms with Gasteiger partial charge >= 0.3 is 0 Å². The van der Waals surface area contributed by atoms with Gasteiger partial charge in [-0.3, -0.25) is 4.79 Å². The van der Waals surface area contributed by atoms with E-state index in [1.54, 1.807) is 6.20 Å². The molecule has 0 atom stereocenters. The van der Waals surface area contributed by atoms with Crippen molar-refractivity contribution in [2.24, 2.45) is 0 Å². The highest BCUT2D eigenvalue weighted by Gasteiger charge is 2.16. The van der Waals surface area contributed by atoms with Crippen molar-refractivity contribution in [3.8, 4) is 0 Å². The second-order valence-electron chi connectivity index (χ2n) is 7.27. The van der Waals surface area contributed by atoms with E-state index in [2.05, 4.69) is 35.8 Å². The van der Waals surface area contributed by atoms with E-state index in [0.29, 0.717) is 21.7 Å². The summed E-state index contributed by atoms with van der Waals surface area (Å²) in [5, 5.41) is 10.2. The third-order valence-corrected chi connectivity index (χ3v) is 5.86. The number of thiazole rings is 1. The fourth-order valence-electron chi connectivity index (χ4n) is 3.41. The molecule has 2 aromatic heterocycles. The number of amides is 1. The lowest BCUT2D eigenvalue weighted by molar-refractivity contribution is 0.103. The van der Waals surface area contributed by atoms with Gasteiger partial charge in [0.2, 0.25) is 0 Å². The van der Waals surface area contributed by atoms with E-state index in [0.717, 1.165) is 48.8 Å². The van der Waals surface area contributed by atoms with Crippen LogP contribution in [0.3, 0.4) is 0 Å². The molecule has 4 rings (SSSR count). The first-order valence-corrected chi connectivity index (χ1v) is 10.7. The molecule has 0 saturated carbocycles. The van der Waals surface area contributed by atoms with E-state index in [9.17, 15) is 4.79 Å². The predicted octanol–water partition coefficient (Wildman–Crippen LogP) is 3.26. The molecule has 30 heavy (non-hydrogen) atoms. The largest absolute Gasteiger partial charge is 0.354 e. The Hall–Kier alpha value is -3.04. The molecule has 3 N–H and O–H groups in total. The van der Waals surface area contributed by atoms with Gasteiger partial charge in [0.15, 0.2) is 5.13 Å². The highest BCUT2D eigenvalue weighted by Crippen LogP contribution is 2.26. The molecule has 1 aliphatic heterocycles. The number of aromatic nitrogens is 3. The summed E-state index contributed by atoms with van der Waals surface area (Å²) in [7, 11) is 0. The second-order valence-corrected chi connectivity index (χ2v) is 8.30. The summed E-state index contributed by atoms with van der Waals surface area (Å²) in [6.07, 6.45) is 1.58. The van der Waals surface area contributed by atoms with Gasteiger partial charge in [-0.05, 0) is 31.9 Å². The minimum atomic E-state index is -0.168. The minimum Gasteiger partial charge on any atom is -0.354 e. The van der Waals surface area contributed by atoms with Gasteiger partial charge < -0.3 is 20.9 Å². The Bertz CT molecular complexity index is 1040. The molecule has 1 aromatic carbocycles. The zero-order valence-corrected chi connectivity index (χ0v) is 18.1. The number of hydrogen-bond donors (Lipinski definition) is 3. The summed E-state index contributed by atoms with van der Waals surface area (Å²) < 4.78 is 0. The Morgan fingerprint density at radius 2 is 1.87 bits per heavy atom. The van der Waals surface area contributed by atoms with Crippen LogP contribution in [-0.2, 0) is 0 Å². The molecule has 1 aliphatic rings. The van der Waals surface area contributed by atoms with E-state index < -0.39 is 0 Å². The lowest BCUT2D eigenvalue weighted by Gasteiger charge is -2.28. The number of carbonyl (C=O) groups excluding carboxylic acids is 1. The van der Waals surface area contributed by atoms with Crippen molar-refractivity contribution in [3.63, 3.8) is 0 Å². The molecular formula is C21H25N7OS. The van der Waals surface area contributed by atoms with Crippen molar-refractivity contribution in [2.45, 2.75) is 20.8 Å². The normalized spacial score (nSPS) is 13.9. The fourth-order valence-corrected chi connectivity index (χ4v) is 4.12. The second kappa shape index (κ2) is 8.76. The van der Waals surface area contributed by atoms with E-state index in [1.807, 2.05) is 45.0 Å². The Balaban J connectivity index is 1.48. The average Bonchev–Trinajstić information content (AvgIpc) is 3.19. The number of hydrogen-bond acceptors (Lipinski definition) is 8. The van der Waals surface area contributed by atoms with Gasteiger partial charge in [0.05, 0.1) is 6.20 Å². The van der Waals surface area contributed by atoms with Crippen molar-refractivity contribution < 1.29 is 4.79 Å². The van der Waals surface area contributed by atoms with Crippen LogP contribution in [0.15, 0.2) is 30.5 Å². The SMILES string of the molecule is Cc1nc(Nc2ncc(C(=O)Nc3c(C)cccc3C)s2)cc(N2CCNCC2)n1. The summed E-state index contributed by atoms with van der Waals surface area (Å²) in [6, 6.07) is 7.87. The summed E-state index contributed by atoms with van der Waals surface area (Å²) in [4.78, 5) is 28.9. The van der Waals surface area contributed by atoms with Crippen LogP contribution in [-0.4, -0.2) is 47.0 Å². The summed E-state index contributed by atoms with van der Waals surface area (Å²) in [6.45, 7) is 9.55. The number of anilines is 4. The molecule has 1 saturated heterocycles. The van der Waals surface area contributed by atoms with Gasteiger partial charge in [-0.2, -0.15) is 0 Å². The van der Waals surface area contributed by atoms with Crippen LogP contribution in [0.5, 0.6) is 0 Å². The maximum atomic E-state index is 12.7. The van der Waals surface area contributed by atoms with Crippen LogP contribution in [0.2, 0.25) is 0 Å². The van der Waals surface area contributed by atoms with Crippen LogP contribution in [0.25, 0.3) is 0 Å². The molecule has 0 bridgehead atoms. The molecular weight excluding hydrogens is 398 g/mol. The van der Waals surface area contributed by atoms with Crippen LogP contribution < -0.4 is 20.9 Å². The minimum absolute atomic E-state index is 0.168. The van der Waals surface area contributed by atoms with Crippen LogP contribution in [0.4, 0.5) is 22.5 Å². The number of aryl methyl sites for hydroxylation is 3. The molecule has 3 heterocycles. The van der Waals surface area contributed by atoms with Crippen LogP contribution >= 0.6 is 11.3 Å². The zero-order valence-electron chi connectivity index (χ0n) is 17.3. The number of rotatable bonds is 5. The van der Waals surface area contributed by atoms with E-state index in [4.69, 9.17) is 0 Å². The van der Waals surface area contributed by atoms with Crippen LogP contribution in [0, 0.1) is 20.8 Å². The molecule has 0 unspecified atom stereocenters. The summed E-state index contributed by atoms with van der Waals surface area (Å²) >= 11 is 1.30. The lowest BCUT2D eigenvalue weighted by atomic mass is 10.1. The van der Waals surface area contributed by atoms with E-state index in [-0.39, 0.29) is 5.91 Å². The van der Waals surface area contributed by atoms with Crippen molar-refractivity contribution in [1.82, 2.24) is 20.3 Å². The number of nitrogens with one attached hydrogen (secondary N) is 3. The first-order chi connectivity index (χ1) is 14.5. The molecule has 9 heteroatoms. The van der Waals surface area contributed by atoms with Gasteiger partial charge in [-0.25, -0.2) is 15.0 Å². The number of nitrogens with zero attached hydrogens (tertiary/aromatic N) is 4. The third-order valence-electron chi connectivity index (χ3n) is 4.95. The number of para-hydroxylation sites is 1. The van der Waals surface area contributed by atoms with Crippen molar-refractivity contribution >= 4 is 39.7 Å². The standard InChI is InChI=1S/C21H25N7OS/c1-13-5-4-6-14(2)19(13)27-20(29)16-12-23-21(30-16)26-17-11-18(25-15(3)24-17)28-9-7-22-8-10-28/h4-6,11-12,22H,7-10H2,1-3H3,(H,27,29)(H,23,24,25,26). The predicted molar refractivity (Wildman–Crippen MR) is 121 cm³/mol. The Morgan fingerprint density at radius 3 is 2.60 bits per heavy atom. The zero-order chi connectivity index (χ0) is 21.1. The number of carbonyl (C=O) groups is 1. The van der Waals surface area contributed by atoms with E-state index in [1.165, 1.54) is 11.3 Å². The van der Waals surface area contributed by atoms with Crippen molar-refractivity contribution in [3.05, 3.63) is 52.3 Å². The van der Waals surface area contributed by atoms with Crippen molar-refractivity contribution in [2.75, 3.05) is 41.7 Å². The smallest absolute Gasteiger partial charge is 0.267 e. The quantitative estimate of drug-likeness (QED) is 0.580. The maximum Gasteiger partial charge on any atom is 0.267 e. The summed E-state index contributed by atoms with van der Waals surface area (Å²) in [5.74, 6) is 2.10. The van der Waals surface area contributed by atoms with Gasteiger partial charge in [0.25, 0.3) is 5.91 Å². The number of piperazine rings is 1. The first kappa shape index (κ1) is 20.2. The van der Waals surface area contributed by atoms with Crippen LogP contribution in [0.1, 0.15) is 26.6 Å². The molecule has 0 spiro atoms. The average molecular weight is 424 g/mol. The molecule has 1 amide bonds.